The van der Waals surface area contributed by atoms with Gasteiger partial charge in [-0.05, 0) is 13.3 Å². The number of hydrogen-bond donors (Lipinski definition) is 1. The van der Waals surface area contributed by atoms with Crippen LogP contribution in [0.5, 0.6) is 0 Å². The van der Waals surface area contributed by atoms with E-state index in [-0.39, 0.29) is 52.9 Å². The first kappa shape index (κ1) is 112. The van der Waals surface area contributed by atoms with Crippen LogP contribution >= 0.6 is 0 Å². The molecule has 1 N–H and O–H groups in total. The van der Waals surface area contributed by atoms with Gasteiger partial charge >= 0.3 is 101 Å². The van der Waals surface area contributed by atoms with Crippen LogP contribution in [0.2, 0.25) is 0 Å². The normalized spacial score (nSPS) is 10.4. The number of aliphatic hydroxyl groups is 1. The van der Waals surface area contributed by atoms with Crippen LogP contribution in [0.15, 0.2) is 215 Å². The van der Waals surface area contributed by atoms with Gasteiger partial charge in [-0.15, -0.1) is 0 Å². The Morgan fingerprint density at radius 3 is 0.420 bits per heavy atom. The monoisotopic (exact) mass is 1680 g/mol. The van der Waals surface area contributed by atoms with E-state index < -0.39 is 226 Å². The number of esters is 17. The van der Waals surface area contributed by atoms with Crippen LogP contribution in [0, 0.1) is 32.5 Å². The molecular weight excluding hydrogens is 1580 g/mol. The molecule has 0 saturated heterocycles. The Balaban J connectivity index is -0.000000775. The minimum atomic E-state index is -1.49. The second-order valence-electron chi connectivity index (χ2n) is 24.6. The Bertz CT molecular complexity index is 3220. The van der Waals surface area contributed by atoms with Crippen molar-refractivity contribution >= 4 is 101 Å². The van der Waals surface area contributed by atoms with Gasteiger partial charge in [0.25, 0.3) is 0 Å². The summed E-state index contributed by atoms with van der Waals surface area (Å²) in [6, 6.07) is 0. The Kier molecular flexibility index (Phi) is 59.9. The zero-order valence-corrected chi connectivity index (χ0v) is 66.7. The maximum Gasteiger partial charge on any atom is 0.330 e. The largest absolute Gasteiger partial charge is 0.462 e. The van der Waals surface area contributed by atoms with E-state index in [4.69, 9.17) is 90.0 Å². The highest BCUT2D eigenvalue weighted by molar-refractivity contribution is 5.87. The van der Waals surface area contributed by atoms with Crippen LogP contribution in [0.25, 0.3) is 0 Å². The molecule has 0 aliphatic rings. The fourth-order valence-electron chi connectivity index (χ4n) is 7.41. The van der Waals surface area contributed by atoms with Crippen LogP contribution in [0.3, 0.4) is 0 Å². The molecule has 0 fully saturated rings. The maximum absolute atomic E-state index is 11.8. The molecule has 0 atom stereocenters. The van der Waals surface area contributed by atoms with Crippen molar-refractivity contribution < 1.29 is 177 Å². The minimum absolute atomic E-state index is 0.0802. The van der Waals surface area contributed by atoms with Crippen molar-refractivity contribution in [1.29, 1.82) is 0 Å². The zero-order chi connectivity index (χ0) is 91.5. The topological polar surface area (TPSA) is 486 Å². The Hall–Kier alpha value is -13.6. The Morgan fingerprint density at radius 1 is 0.193 bits per heavy atom. The minimum Gasteiger partial charge on any atom is -0.462 e. The summed E-state index contributed by atoms with van der Waals surface area (Å²) in [7, 11) is 0. The predicted octanol–water partition coefficient (Wildman–Crippen LogP) is 4.72. The van der Waals surface area contributed by atoms with Gasteiger partial charge in [-0.3, -0.25) is 0 Å². The summed E-state index contributed by atoms with van der Waals surface area (Å²) < 4.78 is 97.4. The van der Waals surface area contributed by atoms with Gasteiger partial charge in [-0.25, -0.2) is 81.5 Å². The first-order valence-corrected chi connectivity index (χ1v) is 34.5. The molecule has 0 aromatic heterocycles. The number of rotatable bonds is 61. The summed E-state index contributed by atoms with van der Waals surface area (Å²) in [6.07, 6.45) is 16.3. The van der Waals surface area contributed by atoms with E-state index in [1.54, 1.807) is 13.8 Å². The molecule has 0 heterocycles. The fourth-order valence-corrected chi connectivity index (χ4v) is 7.41. The standard InChI is InChI=1S/C28H34O13.C25H32O12.C15H20O6.C14H18O6/c1-7-21(29)36-15-27(16-37-22(30)8-2,17-38-23(31)9-3)13-35-14-28(18-39-24(32)10-4,19-40-25(33)11-5)20-41-26(34)12-6;1-6-19(27)33-14-24(11-26,15-34-20(28)7-2)12-32-13-25(16-35-21(29)8-3,17-36-22(30)9-4)18-37-23(31)10-5;1-5-12(16)19-9-15(8-4,10-20-13(17)6-2)11-21-14(18)7-3;1-5-11(15)18-8-14(4,9-19-12(16)6-2)10-20-13(17)7-3/h7-12H,1-6,13-20H2;6-10,26H,1-5,11-18H2;5-7H,1-3,8-11H2,4H3;5-7H,1-3,8-10H2,4H3. The molecule has 0 amide bonds. The summed E-state index contributed by atoms with van der Waals surface area (Å²) in [5.41, 5.74) is -7.57. The second-order valence-corrected chi connectivity index (χ2v) is 24.6. The first-order valence-electron chi connectivity index (χ1n) is 34.5. The van der Waals surface area contributed by atoms with Crippen LogP contribution in [0.4, 0.5) is 0 Å². The molecule has 119 heavy (non-hydrogen) atoms. The lowest BCUT2D eigenvalue weighted by Gasteiger charge is -2.35. The van der Waals surface area contributed by atoms with Gasteiger partial charge in [0, 0.05) is 103 Å². The predicted molar refractivity (Wildman–Crippen MR) is 419 cm³/mol. The van der Waals surface area contributed by atoms with Crippen molar-refractivity contribution in [3.05, 3.63) is 215 Å². The third-order valence-electron chi connectivity index (χ3n) is 14.5. The number of ether oxygens (including phenoxy) is 19. The molecule has 0 aromatic rings. The van der Waals surface area contributed by atoms with Crippen molar-refractivity contribution in [1.82, 2.24) is 0 Å². The van der Waals surface area contributed by atoms with Gasteiger partial charge in [0.05, 0.1) is 65.5 Å². The van der Waals surface area contributed by atoms with Crippen LogP contribution < -0.4 is 0 Å². The highest BCUT2D eigenvalue weighted by Crippen LogP contribution is 2.29. The Morgan fingerprint density at radius 2 is 0.303 bits per heavy atom. The smallest absolute Gasteiger partial charge is 0.330 e. The number of carbonyl (C=O) groups is 17. The lowest BCUT2D eigenvalue weighted by atomic mass is 9.88. The van der Waals surface area contributed by atoms with E-state index in [2.05, 4.69) is 112 Å². The van der Waals surface area contributed by atoms with E-state index >= 15 is 0 Å². The molecule has 0 aliphatic carbocycles. The van der Waals surface area contributed by atoms with E-state index in [0.717, 1.165) is 103 Å². The van der Waals surface area contributed by atoms with Crippen molar-refractivity contribution in [2.45, 2.75) is 20.3 Å². The molecule has 0 spiro atoms. The van der Waals surface area contributed by atoms with Crippen molar-refractivity contribution in [3.8, 4) is 0 Å². The number of hydrogen-bond acceptors (Lipinski definition) is 37. The molecule has 0 aliphatic heterocycles. The van der Waals surface area contributed by atoms with Gasteiger partial charge in [-0.2, -0.15) is 0 Å². The van der Waals surface area contributed by atoms with Crippen molar-refractivity contribution in [3.63, 3.8) is 0 Å². The summed E-state index contributed by atoms with van der Waals surface area (Å²) >= 11 is 0. The van der Waals surface area contributed by atoms with E-state index in [1.807, 2.05) is 0 Å². The summed E-state index contributed by atoms with van der Waals surface area (Å²) in [5, 5.41) is 10.0. The molecule has 0 aromatic carbocycles. The molecule has 0 saturated carbocycles. The highest BCUT2D eigenvalue weighted by Gasteiger charge is 2.43. The molecule has 0 bridgehead atoms. The molecule has 37 heteroatoms. The lowest BCUT2D eigenvalue weighted by Crippen LogP contribution is -2.47. The molecule has 0 radical (unpaired) electrons. The average molecular weight is 1680 g/mol. The van der Waals surface area contributed by atoms with Crippen LogP contribution in [-0.2, 0) is 172 Å². The molecule has 0 rings (SSSR count). The summed E-state index contributed by atoms with van der Waals surface area (Å²) in [5.74, 6) is -12.8. The molecule has 0 unspecified atom stereocenters. The zero-order valence-electron chi connectivity index (χ0n) is 66.7. The van der Waals surface area contributed by atoms with E-state index in [1.165, 1.54) is 0 Å². The number of carbonyl (C=O) groups excluding carboxylic acids is 17. The van der Waals surface area contributed by atoms with Crippen LogP contribution in [0.1, 0.15) is 20.3 Å². The summed E-state index contributed by atoms with van der Waals surface area (Å²) in [4.78, 5) is 196. The van der Waals surface area contributed by atoms with Gasteiger partial charge in [0.15, 0.2) is 0 Å². The first-order chi connectivity index (χ1) is 56.3. The highest BCUT2D eigenvalue weighted by atomic mass is 16.6. The summed E-state index contributed by atoms with van der Waals surface area (Å²) in [6.45, 7) is 51.5. The molecule has 37 nitrogen and oxygen atoms in total. The number of aliphatic hydroxyl groups excluding tert-OH is 1. The second kappa shape index (κ2) is 63.7. The fraction of sp³-hybridized carbons (Fsp3) is 0.378. The van der Waals surface area contributed by atoms with E-state index in [9.17, 15) is 86.6 Å². The molecule has 654 valence electrons. The SMILES string of the molecule is C=CC(=O)OCC(C)(COC(=O)C=C)COC(=O)C=C.C=CC(=O)OCC(CC)(COC(=O)C=C)COC(=O)C=C.C=CC(=O)OCC(CO)(COCC(COC(=O)C=C)(COC(=O)C=C)COC(=O)C=C)COC(=O)C=C.C=CC(=O)OCC(COCC(COC(=O)C=C)(COC(=O)C=C)COC(=O)C=C)(COC(=O)C=C)COC(=O)C=C. The van der Waals surface area contributed by atoms with Gasteiger partial charge in [-0.1, -0.05) is 119 Å². The van der Waals surface area contributed by atoms with Gasteiger partial charge in [0.2, 0.25) is 0 Å². The van der Waals surface area contributed by atoms with E-state index in [0.29, 0.717) is 6.42 Å². The van der Waals surface area contributed by atoms with Crippen molar-refractivity contribution in [2.24, 2.45) is 32.5 Å². The van der Waals surface area contributed by atoms with Crippen molar-refractivity contribution in [2.75, 3.05) is 145 Å². The third kappa shape index (κ3) is 52.5. The van der Waals surface area contributed by atoms with Gasteiger partial charge in [0.1, 0.15) is 112 Å². The van der Waals surface area contributed by atoms with Gasteiger partial charge < -0.3 is 95.1 Å². The van der Waals surface area contributed by atoms with Crippen LogP contribution in [-0.4, -0.2) is 252 Å². The molecular formula is C82H104O37. The lowest BCUT2D eigenvalue weighted by molar-refractivity contribution is -0.172. The Labute approximate surface area is 688 Å². The third-order valence-corrected chi connectivity index (χ3v) is 14.5. The maximum atomic E-state index is 11.8. The average Bonchev–Trinajstić information content (AvgIpc) is 0.841. The quantitative estimate of drug-likeness (QED) is 0.0489.